The van der Waals surface area contributed by atoms with Crippen LogP contribution in [-0.2, 0) is 4.74 Å². The zero-order valence-electron chi connectivity index (χ0n) is 11.3. The monoisotopic (exact) mass is 269 g/mol. The van der Waals surface area contributed by atoms with Crippen molar-refractivity contribution in [2.45, 2.75) is 6.92 Å². The highest BCUT2D eigenvalue weighted by molar-refractivity contribution is 5.50. The second-order valence-electron chi connectivity index (χ2n) is 4.71. The van der Waals surface area contributed by atoms with E-state index in [9.17, 15) is 5.26 Å². The third-order valence-electron chi connectivity index (χ3n) is 3.28. The first-order valence-corrected chi connectivity index (χ1v) is 6.55. The number of hydrogen-bond donors (Lipinski definition) is 0. The Hall–Kier alpha value is -2.39. The molecule has 0 N–H and O–H groups in total. The molecule has 1 aliphatic heterocycles. The van der Waals surface area contributed by atoms with E-state index in [0.717, 1.165) is 18.8 Å². The Morgan fingerprint density at radius 1 is 1.15 bits per heavy atom. The molecule has 0 bridgehead atoms. The van der Waals surface area contributed by atoms with Gasteiger partial charge in [-0.3, -0.25) is 0 Å². The smallest absolute Gasteiger partial charge is 0.207 e. The van der Waals surface area contributed by atoms with Crippen LogP contribution >= 0.6 is 0 Å². The fourth-order valence-corrected chi connectivity index (χ4v) is 2.15. The minimum absolute atomic E-state index is 0.354. The van der Waals surface area contributed by atoms with E-state index < -0.39 is 0 Å². The van der Waals surface area contributed by atoms with Gasteiger partial charge in [-0.05, 0) is 19.1 Å². The Bertz CT molecular complexity index is 635. The molecule has 6 heteroatoms. The van der Waals surface area contributed by atoms with E-state index in [-0.39, 0.29) is 0 Å². The normalized spacial score (nSPS) is 15.1. The van der Waals surface area contributed by atoms with Gasteiger partial charge in [-0.25, -0.2) is 0 Å². The number of ether oxygens (including phenoxy) is 1. The maximum Gasteiger partial charge on any atom is 0.207 e. The van der Waals surface area contributed by atoms with Crippen molar-refractivity contribution < 1.29 is 4.74 Å². The van der Waals surface area contributed by atoms with Gasteiger partial charge < -0.3 is 9.64 Å². The summed E-state index contributed by atoms with van der Waals surface area (Å²) in [6.07, 6.45) is 0. The van der Waals surface area contributed by atoms with Crippen molar-refractivity contribution in [1.29, 1.82) is 5.26 Å². The fraction of sp³-hybridized carbons (Fsp3) is 0.357. The Kier molecular flexibility index (Phi) is 3.35. The van der Waals surface area contributed by atoms with Gasteiger partial charge in [0.1, 0.15) is 6.07 Å². The van der Waals surface area contributed by atoms with Crippen LogP contribution in [0, 0.1) is 18.3 Å². The Balaban J connectivity index is 1.96. The molecule has 2 heterocycles. The number of anilines is 1. The van der Waals surface area contributed by atoms with Gasteiger partial charge in [0.25, 0.3) is 0 Å². The van der Waals surface area contributed by atoms with E-state index in [4.69, 9.17) is 4.74 Å². The molecule has 0 saturated carbocycles. The van der Waals surface area contributed by atoms with E-state index in [1.807, 2.05) is 36.1 Å². The molecule has 0 aliphatic carbocycles. The second-order valence-corrected chi connectivity index (χ2v) is 4.71. The van der Waals surface area contributed by atoms with Crippen LogP contribution in [0.4, 0.5) is 5.82 Å². The molecular weight excluding hydrogens is 254 g/mol. The highest BCUT2D eigenvalue weighted by Crippen LogP contribution is 2.18. The third kappa shape index (κ3) is 2.36. The van der Waals surface area contributed by atoms with Gasteiger partial charge in [-0.1, -0.05) is 17.7 Å². The molecule has 0 atom stereocenters. The lowest BCUT2D eigenvalue weighted by Gasteiger charge is -2.26. The number of morpholine rings is 1. The van der Waals surface area contributed by atoms with Gasteiger partial charge in [0.05, 0.1) is 18.9 Å². The fourth-order valence-electron chi connectivity index (χ4n) is 2.15. The molecule has 1 saturated heterocycles. The largest absolute Gasteiger partial charge is 0.378 e. The first kappa shape index (κ1) is 12.6. The quantitative estimate of drug-likeness (QED) is 0.821. The zero-order valence-corrected chi connectivity index (χ0v) is 11.3. The molecule has 1 aromatic carbocycles. The number of nitrogens with zero attached hydrogens (tertiary/aromatic N) is 5. The van der Waals surface area contributed by atoms with Crippen LogP contribution in [0.15, 0.2) is 24.3 Å². The summed E-state index contributed by atoms with van der Waals surface area (Å²) in [6.45, 7) is 4.81. The first-order valence-electron chi connectivity index (χ1n) is 6.55. The number of nitriles is 1. The molecule has 3 rings (SSSR count). The van der Waals surface area contributed by atoms with Gasteiger partial charge >= 0.3 is 0 Å². The van der Waals surface area contributed by atoms with Crippen LogP contribution in [0.3, 0.4) is 0 Å². The van der Waals surface area contributed by atoms with Crippen molar-refractivity contribution in [3.63, 3.8) is 0 Å². The lowest BCUT2D eigenvalue weighted by Crippen LogP contribution is -2.37. The minimum atomic E-state index is 0.354. The van der Waals surface area contributed by atoms with E-state index in [2.05, 4.69) is 16.3 Å². The van der Waals surface area contributed by atoms with Gasteiger partial charge in [-0.15, -0.1) is 15.0 Å². The predicted molar refractivity (Wildman–Crippen MR) is 73.8 cm³/mol. The van der Waals surface area contributed by atoms with Crippen LogP contribution in [0.5, 0.6) is 0 Å². The molecule has 0 radical (unpaired) electrons. The molecule has 1 fully saturated rings. The lowest BCUT2D eigenvalue weighted by molar-refractivity contribution is 0.122. The summed E-state index contributed by atoms with van der Waals surface area (Å²) >= 11 is 0. The molecular formula is C14H15N5O. The average Bonchev–Trinajstić information content (AvgIpc) is 2.93. The van der Waals surface area contributed by atoms with Crippen molar-refractivity contribution >= 4 is 5.82 Å². The van der Waals surface area contributed by atoms with Crippen LogP contribution in [-0.4, -0.2) is 41.3 Å². The summed E-state index contributed by atoms with van der Waals surface area (Å²) in [5.74, 6) is 0.636. The molecule has 1 aromatic heterocycles. The summed E-state index contributed by atoms with van der Waals surface area (Å²) in [7, 11) is 0. The number of benzene rings is 1. The van der Waals surface area contributed by atoms with Crippen molar-refractivity contribution in [2.24, 2.45) is 0 Å². The van der Waals surface area contributed by atoms with E-state index in [0.29, 0.717) is 24.7 Å². The maximum absolute atomic E-state index is 9.23. The second kappa shape index (κ2) is 5.31. The average molecular weight is 269 g/mol. The molecule has 0 spiro atoms. The number of aromatic nitrogens is 3. The van der Waals surface area contributed by atoms with E-state index in [1.165, 1.54) is 10.4 Å². The van der Waals surface area contributed by atoms with Crippen molar-refractivity contribution in [1.82, 2.24) is 15.0 Å². The van der Waals surface area contributed by atoms with Gasteiger partial charge in [0.2, 0.25) is 5.69 Å². The molecule has 102 valence electrons. The number of aryl methyl sites for hydroxylation is 1. The topological polar surface area (TPSA) is 67.0 Å². The zero-order chi connectivity index (χ0) is 13.9. The van der Waals surface area contributed by atoms with Crippen LogP contribution in [0.25, 0.3) is 5.69 Å². The highest BCUT2D eigenvalue weighted by Gasteiger charge is 2.20. The third-order valence-corrected chi connectivity index (χ3v) is 3.28. The van der Waals surface area contributed by atoms with Gasteiger partial charge in [-0.2, -0.15) is 5.26 Å². The Morgan fingerprint density at radius 2 is 1.85 bits per heavy atom. The summed E-state index contributed by atoms with van der Waals surface area (Å²) in [5, 5.41) is 18.0. The number of hydrogen-bond acceptors (Lipinski definition) is 5. The van der Waals surface area contributed by atoms with E-state index >= 15 is 0 Å². The Labute approximate surface area is 117 Å². The Morgan fingerprint density at radius 3 is 2.50 bits per heavy atom. The molecule has 1 aliphatic rings. The van der Waals surface area contributed by atoms with Gasteiger partial charge in [0, 0.05) is 13.1 Å². The minimum Gasteiger partial charge on any atom is -0.378 e. The molecule has 2 aromatic rings. The summed E-state index contributed by atoms with van der Waals surface area (Å²) < 4.78 is 5.32. The van der Waals surface area contributed by atoms with Gasteiger partial charge in [0.15, 0.2) is 5.82 Å². The summed E-state index contributed by atoms with van der Waals surface area (Å²) in [5.41, 5.74) is 2.38. The van der Waals surface area contributed by atoms with Crippen molar-refractivity contribution in [3.8, 4) is 11.8 Å². The number of rotatable bonds is 2. The van der Waals surface area contributed by atoms with E-state index in [1.54, 1.807) is 0 Å². The van der Waals surface area contributed by atoms with Crippen LogP contribution in [0.1, 0.15) is 11.3 Å². The SMILES string of the molecule is Cc1ccc(-n2nc(C#N)c(N3CCOCC3)n2)cc1. The molecule has 0 amide bonds. The standard InChI is InChI=1S/C14H15N5O/c1-11-2-4-12(5-3-11)19-16-13(10-15)14(17-19)18-6-8-20-9-7-18/h2-5H,6-9H2,1H3. The summed E-state index contributed by atoms with van der Waals surface area (Å²) in [6, 6.07) is 10.0. The van der Waals surface area contributed by atoms with Crippen molar-refractivity contribution in [3.05, 3.63) is 35.5 Å². The molecule has 20 heavy (non-hydrogen) atoms. The summed E-state index contributed by atoms with van der Waals surface area (Å²) in [4.78, 5) is 3.56. The first-order chi connectivity index (χ1) is 9.78. The van der Waals surface area contributed by atoms with Crippen LogP contribution < -0.4 is 4.90 Å². The molecule has 6 nitrogen and oxygen atoms in total. The lowest BCUT2D eigenvalue weighted by atomic mass is 10.2. The predicted octanol–water partition coefficient (Wildman–Crippen LogP) is 1.28. The highest BCUT2D eigenvalue weighted by atomic mass is 16.5. The van der Waals surface area contributed by atoms with Crippen LogP contribution in [0.2, 0.25) is 0 Å². The maximum atomic E-state index is 9.23. The van der Waals surface area contributed by atoms with Crippen molar-refractivity contribution in [2.75, 3.05) is 31.2 Å². The molecule has 0 unspecified atom stereocenters.